The van der Waals surface area contributed by atoms with Crippen LogP contribution in [0.4, 0.5) is 0 Å². The van der Waals surface area contributed by atoms with E-state index < -0.39 is 0 Å². The van der Waals surface area contributed by atoms with Crippen molar-refractivity contribution < 1.29 is 9.59 Å². The highest BCUT2D eigenvalue weighted by Crippen LogP contribution is 2.20. The van der Waals surface area contributed by atoms with Crippen molar-refractivity contribution in [1.82, 2.24) is 4.90 Å². The van der Waals surface area contributed by atoms with Crippen LogP contribution in [0, 0.1) is 0 Å². The van der Waals surface area contributed by atoms with Crippen LogP contribution in [0.3, 0.4) is 0 Å². The third-order valence-electron chi connectivity index (χ3n) is 3.91. The molecule has 2 rings (SSSR count). The predicted octanol–water partition coefficient (Wildman–Crippen LogP) is 3.83. The Morgan fingerprint density at radius 3 is 2.77 bits per heavy atom. The number of amides is 1. The largest absolute Gasteiger partial charge is 0.336 e. The van der Waals surface area contributed by atoms with Gasteiger partial charge in [0.15, 0.2) is 5.78 Å². The van der Waals surface area contributed by atoms with Crippen molar-refractivity contribution in [1.29, 1.82) is 0 Å². The number of hydrogen-bond acceptors (Lipinski definition) is 2. The number of Topliss-reactive ketones (excluding diaryl/α,β-unsaturated/α-hetero) is 1. The first-order chi connectivity index (χ1) is 10.7. The summed E-state index contributed by atoms with van der Waals surface area (Å²) in [4.78, 5) is 25.8. The molecule has 22 heavy (non-hydrogen) atoms. The second-order valence-electron chi connectivity index (χ2n) is 5.51. The molecule has 0 aromatic heterocycles. The van der Waals surface area contributed by atoms with Gasteiger partial charge in [0.25, 0.3) is 0 Å². The zero-order chi connectivity index (χ0) is 15.8. The fourth-order valence-electron chi connectivity index (χ4n) is 2.70. The maximum absolute atomic E-state index is 12.0. The van der Waals surface area contributed by atoms with Crippen LogP contribution in [0.5, 0.6) is 0 Å². The molecule has 3 nitrogen and oxygen atoms in total. The van der Waals surface area contributed by atoms with Crippen molar-refractivity contribution in [3.8, 4) is 0 Å². The Hall–Kier alpha value is -1.61. The molecule has 0 N–H and O–H groups in total. The summed E-state index contributed by atoms with van der Waals surface area (Å²) in [5.74, 6) is 0.946. The molecule has 0 bridgehead atoms. The number of carbonyl (C=O) groups is 2. The normalized spacial score (nSPS) is 18.3. The number of unbranched alkanes of at least 4 members (excludes halogenated alkanes) is 1. The van der Waals surface area contributed by atoms with E-state index in [1.54, 1.807) is 0 Å². The first-order valence-electron chi connectivity index (χ1n) is 7.82. The fraction of sp³-hybridized carbons (Fsp3) is 0.444. The van der Waals surface area contributed by atoms with Gasteiger partial charge in [-0.15, -0.1) is 11.6 Å². The van der Waals surface area contributed by atoms with Crippen LogP contribution < -0.4 is 0 Å². The Morgan fingerprint density at radius 2 is 2.05 bits per heavy atom. The third-order valence-corrected chi connectivity index (χ3v) is 4.18. The first kappa shape index (κ1) is 16.8. The molecule has 1 aromatic carbocycles. The molecule has 1 aliphatic heterocycles. The molecular formula is C18H22ClNO2. The minimum Gasteiger partial charge on any atom is -0.336 e. The molecule has 118 valence electrons. The highest BCUT2D eigenvalue weighted by atomic mass is 35.5. The van der Waals surface area contributed by atoms with Gasteiger partial charge in [0.1, 0.15) is 0 Å². The van der Waals surface area contributed by atoms with Crippen molar-refractivity contribution in [2.75, 3.05) is 12.4 Å². The van der Waals surface area contributed by atoms with Crippen LogP contribution in [0.25, 0.3) is 0 Å². The Balaban J connectivity index is 1.86. The lowest BCUT2D eigenvalue weighted by Gasteiger charge is -2.22. The van der Waals surface area contributed by atoms with Gasteiger partial charge < -0.3 is 4.90 Å². The van der Waals surface area contributed by atoms with E-state index in [0.717, 1.165) is 31.4 Å². The zero-order valence-corrected chi connectivity index (χ0v) is 13.5. The summed E-state index contributed by atoms with van der Waals surface area (Å²) in [7, 11) is 0. The Labute approximate surface area is 137 Å². The second-order valence-corrected chi connectivity index (χ2v) is 5.89. The van der Waals surface area contributed by atoms with Gasteiger partial charge >= 0.3 is 0 Å². The van der Waals surface area contributed by atoms with E-state index >= 15 is 0 Å². The van der Waals surface area contributed by atoms with Gasteiger partial charge in [-0.3, -0.25) is 9.59 Å². The lowest BCUT2D eigenvalue weighted by molar-refractivity contribution is -0.128. The monoisotopic (exact) mass is 319 g/mol. The number of halogens is 1. The summed E-state index contributed by atoms with van der Waals surface area (Å²) >= 11 is 5.68. The van der Waals surface area contributed by atoms with Gasteiger partial charge in [-0.1, -0.05) is 42.5 Å². The molecule has 0 unspecified atom stereocenters. The number of hydrogen-bond donors (Lipinski definition) is 0. The van der Waals surface area contributed by atoms with E-state index in [4.69, 9.17) is 11.6 Å². The van der Waals surface area contributed by atoms with Crippen LogP contribution in [0.15, 0.2) is 42.5 Å². The molecule has 0 spiro atoms. The van der Waals surface area contributed by atoms with E-state index in [0.29, 0.717) is 18.7 Å². The summed E-state index contributed by atoms with van der Waals surface area (Å²) in [5.41, 5.74) is 0.730. The topological polar surface area (TPSA) is 37.4 Å². The summed E-state index contributed by atoms with van der Waals surface area (Å²) in [5, 5.41) is 0. The maximum atomic E-state index is 12.0. The van der Waals surface area contributed by atoms with Crippen LogP contribution in [-0.2, 0) is 4.79 Å². The Morgan fingerprint density at radius 1 is 1.27 bits per heavy atom. The average molecular weight is 320 g/mol. The lowest BCUT2D eigenvalue weighted by atomic mass is 10.1. The Kier molecular flexibility index (Phi) is 6.66. The number of alkyl halides is 1. The minimum atomic E-state index is 0.106. The average Bonchev–Trinajstić information content (AvgIpc) is 2.89. The number of nitrogens with zero attached hydrogens (tertiary/aromatic N) is 1. The van der Waals surface area contributed by atoms with E-state index in [-0.39, 0.29) is 17.7 Å². The standard InChI is InChI=1S/C18H22ClNO2/c19-13-4-5-14-20-16(11-12-18(20)22)9-6-10-17(21)15-7-2-1-3-8-15/h1-3,6-9,16H,4-5,10-14H2/t16-/m0/s1. The number of rotatable bonds is 8. The third kappa shape index (κ3) is 4.70. The van der Waals surface area contributed by atoms with Gasteiger partial charge in [-0.25, -0.2) is 0 Å². The van der Waals surface area contributed by atoms with Gasteiger partial charge in [0.2, 0.25) is 5.91 Å². The van der Waals surface area contributed by atoms with Gasteiger partial charge in [0.05, 0.1) is 6.04 Å². The lowest BCUT2D eigenvalue weighted by Crippen LogP contribution is -2.32. The smallest absolute Gasteiger partial charge is 0.223 e. The van der Waals surface area contributed by atoms with Crippen LogP contribution >= 0.6 is 11.6 Å². The van der Waals surface area contributed by atoms with E-state index in [9.17, 15) is 9.59 Å². The van der Waals surface area contributed by atoms with Crippen molar-refractivity contribution in [2.45, 2.75) is 38.1 Å². The quantitative estimate of drug-likeness (QED) is 0.316. The molecular weight excluding hydrogens is 298 g/mol. The van der Waals surface area contributed by atoms with Crippen LogP contribution in [-0.4, -0.2) is 35.1 Å². The van der Waals surface area contributed by atoms with Gasteiger partial charge in [-0.2, -0.15) is 0 Å². The van der Waals surface area contributed by atoms with Crippen molar-refractivity contribution in [3.05, 3.63) is 48.0 Å². The highest BCUT2D eigenvalue weighted by molar-refractivity contribution is 6.17. The van der Waals surface area contributed by atoms with Crippen LogP contribution in [0.1, 0.15) is 42.5 Å². The van der Waals surface area contributed by atoms with Gasteiger partial charge in [0, 0.05) is 30.8 Å². The molecule has 1 amide bonds. The number of ketones is 1. The molecule has 1 heterocycles. The van der Waals surface area contributed by atoms with Crippen molar-refractivity contribution in [2.24, 2.45) is 0 Å². The number of benzene rings is 1. The van der Waals surface area contributed by atoms with Crippen LogP contribution in [0.2, 0.25) is 0 Å². The summed E-state index contributed by atoms with van der Waals surface area (Å²) in [6.07, 6.45) is 7.58. The summed E-state index contributed by atoms with van der Waals surface area (Å²) < 4.78 is 0. The zero-order valence-electron chi connectivity index (χ0n) is 12.7. The Bertz CT molecular complexity index is 527. The molecule has 1 saturated heterocycles. The molecule has 1 aliphatic rings. The number of carbonyl (C=O) groups excluding carboxylic acids is 2. The molecule has 1 aromatic rings. The SMILES string of the molecule is O=C(CC=C[C@H]1CCC(=O)N1CCCCCl)c1ccccc1. The molecule has 1 fully saturated rings. The predicted molar refractivity (Wildman–Crippen MR) is 89.2 cm³/mol. The molecule has 4 heteroatoms. The van der Waals surface area contributed by atoms with Crippen molar-refractivity contribution >= 4 is 23.3 Å². The number of likely N-dealkylation sites (tertiary alicyclic amines) is 1. The first-order valence-corrected chi connectivity index (χ1v) is 8.36. The fourth-order valence-corrected chi connectivity index (χ4v) is 2.89. The number of allylic oxidation sites excluding steroid dienone is 1. The van der Waals surface area contributed by atoms with Crippen molar-refractivity contribution in [3.63, 3.8) is 0 Å². The van der Waals surface area contributed by atoms with E-state index in [2.05, 4.69) is 0 Å². The van der Waals surface area contributed by atoms with E-state index in [1.165, 1.54) is 0 Å². The summed E-state index contributed by atoms with van der Waals surface area (Å²) in [6.45, 7) is 0.757. The molecule has 1 atom stereocenters. The molecule has 0 radical (unpaired) electrons. The van der Waals surface area contributed by atoms with E-state index in [1.807, 2.05) is 47.4 Å². The highest BCUT2D eigenvalue weighted by Gasteiger charge is 2.28. The van der Waals surface area contributed by atoms with Gasteiger partial charge in [-0.05, 0) is 19.3 Å². The second kappa shape index (κ2) is 8.74. The molecule has 0 aliphatic carbocycles. The molecule has 0 saturated carbocycles. The summed E-state index contributed by atoms with van der Waals surface area (Å²) in [6, 6.07) is 9.42. The maximum Gasteiger partial charge on any atom is 0.223 e. The minimum absolute atomic E-state index is 0.106.